The molecule has 0 aliphatic heterocycles. The average Bonchev–Trinajstić information content (AvgIpc) is 3.12. The Balaban J connectivity index is 1.54. The van der Waals surface area contributed by atoms with Crippen molar-refractivity contribution in [3.05, 3.63) is 60.2 Å². The number of aromatic nitrogens is 4. The molecule has 0 saturated heterocycles. The number of carbonyl (C=O) groups is 1. The molecule has 0 fully saturated rings. The van der Waals surface area contributed by atoms with Crippen molar-refractivity contribution in [1.29, 1.82) is 0 Å². The molecule has 134 valence electrons. The van der Waals surface area contributed by atoms with E-state index in [-0.39, 0.29) is 19.1 Å². The maximum absolute atomic E-state index is 12.1. The maximum Gasteiger partial charge on any atom is 0.258 e. The van der Waals surface area contributed by atoms with E-state index in [2.05, 4.69) is 20.7 Å². The van der Waals surface area contributed by atoms with Crippen LogP contribution in [0.15, 0.2) is 54.6 Å². The zero-order valence-corrected chi connectivity index (χ0v) is 14.2. The number of carbonyl (C=O) groups excluding carboxylic acids is 1. The van der Waals surface area contributed by atoms with Gasteiger partial charge in [-0.2, -0.15) is 4.80 Å². The molecule has 8 heteroatoms. The smallest absolute Gasteiger partial charge is 0.258 e. The summed E-state index contributed by atoms with van der Waals surface area (Å²) < 4.78 is 5.49. The SMILES string of the molecule is Cn1nnc(-c2ccc(OCC(=O)N[C@@H](CO)c3ccccc3)cc2)n1. The van der Waals surface area contributed by atoms with Crippen molar-refractivity contribution in [2.75, 3.05) is 13.2 Å². The van der Waals surface area contributed by atoms with Gasteiger partial charge in [-0.3, -0.25) is 4.79 Å². The first kappa shape index (κ1) is 17.6. The van der Waals surface area contributed by atoms with Crippen LogP contribution in [0.3, 0.4) is 0 Å². The molecule has 2 N–H and O–H groups in total. The molecular formula is C18H19N5O3. The Kier molecular flexibility index (Phi) is 5.55. The van der Waals surface area contributed by atoms with Gasteiger partial charge in [0.15, 0.2) is 6.61 Å². The molecule has 3 rings (SSSR count). The molecule has 1 amide bonds. The fraction of sp³-hybridized carbons (Fsp3) is 0.222. The normalized spacial score (nSPS) is 11.8. The minimum absolute atomic E-state index is 0.147. The quantitative estimate of drug-likeness (QED) is 0.660. The van der Waals surface area contributed by atoms with Crippen LogP contribution in [0.25, 0.3) is 11.4 Å². The molecule has 1 heterocycles. The standard InChI is InChI=1S/C18H19N5O3/c1-23-21-18(20-22-23)14-7-9-15(10-8-14)26-12-17(25)19-16(11-24)13-5-3-2-4-6-13/h2-10,16,24H,11-12H2,1H3,(H,19,25)/t16-/m0/s1. The molecular weight excluding hydrogens is 334 g/mol. The number of nitrogens with zero attached hydrogens (tertiary/aromatic N) is 4. The highest BCUT2D eigenvalue weighted by atomic mass is 16.5. The number of tetrazole rings is 1. The lowest BCUT2D eigenvalue weighted by Crippen LogP contribution is -2.34. The Bertz CT molecular complexity index is 849. The highest BCUT2D eigenvalue weighted by molar-refractivity contribution is 5.78. The number of nitrogens with one attached hydrogen (secondary N) is 1. The van der Waals surface area contributed by atoms with Gasteiger partial charge in [-0.15, -0.1) is 10.2 Å². The number of ether oxygens (including phenoxy) is 1. The summed E-state index contributed by atoms with van der Waals surface area (Å²) in [6.45, 7) is -0.332. The summed E-state index contributed by atoms with van der Waals surface area (Å²) in [5.41, 5.74) is 1.64. The third-order valence-electron chi connectivity index (χ3n) is 3.71. The predicted molar refractivity (Wildman–Crippen MR) is 94.1 cm³/mol. The van der Waals surface area contributed by atoms with E-state index in [1.54, 1.807) is 31.3 Å². The minimum atomic E-state index is -0.461. The minimum Gasteiger partial charge on any atom is -0.484 e. The summed E-state index contributed by atoms with van der Waals surface area (Å²) in [6.07, 6.45) is 0. The van der Waals surface area contributed by atoms with Crippen LogP contribution in [0.2, 0.25) is 0 Å². The number of amides is 1. The van der Waals surface area contributed by atoms with Gasteiger partial charge in [-0.1, -0.05) is 30.3 Å². The van der Waals surface area contributed by atoms with Crippen molar-refractivity contribution in [3.8, 4) is 17.1 Å². The van der Waals surface area contributed by atoms with E-state index in [0.29, 0.717) is 11.6 Å². The Hall–Kier alpha value is -3.26. The topological polar surface area (TPSA) is 102 Å². The first-order chi connectivity index (χ1) is 12.7. The van der Waals surface area contributed by atoms with Crippen LogP contribution in [0, 0.1) is 0 Å². The second-order valence-electron chi connectivity index (χ2n) is 5.63. The van der Waals surface area contributed by atoms with E-state index in [9.17, 15) is 9.90 Å². The molecule has 0 radical (unpaired) electrons. The van der Waals surface area contributed by atoms with Crippen molar-refractivity contribution in [2.45, 2.75) is 6.04 Å². The van der Waals surface area contributed by atoms with E-state index in [0.717, 1.165) is 11.1 Å². The average molecular weight is 353 g/mol. The second kappa shape index (κ2) is 8.21. The number of hydrogen-bond acceptors (Lipinski definition) is 6. The Morgan fingerprint density at radius 3 is 2.54 bits per heavy atom. The Morgan fingerprint density at radius 1 is 1.19 bits per heavy atom. The fourth-order valence-electron chi connectivity index (χ4n) is 2.40. The third kappa shape index (κ3) is 4.42. The van der Waals surface area contributed by atoms with Crippen molar-refractivity contribution in [1.82, 2.24) is 25.5 Å². The summed E-state index contributed by atoms with van der Waals surface area (Å²) in [4.78, 5) is 13.5. The highest BCUT2D eigenvalue weighted by Crippen LogP contribution is 2.18. The molecule has 1 aromatic heterocycles. The molecule has 8 nitrogen and oxygen atoms in total. The number of aliphatic hydroxyl groups is 1. The molecule has 0 unspecified atom stereocenters. The monoisotopic (exact) mass is 353 g/mol. The van der Waals surface area contributed by atoms with Crippen LogP contribution in [0.1, 0.15) is 11.6 Å². The first-order valence-electron chi connectivity index (χ1n) is 8.08. The maximum atomic E-state index is 12.1. The molecule has 0 aliphatic rings. The lowest BCUT2D eigenvalue weighted by molar-refractivity contribution is -0.124. The van der Waals surface area contributed by atoms with E-state index in [1.165, 1.54) is 4.80 Å². The molecule has 1 atom stereocenters. The van der Waals surface area contributed by atoms with Gasteiger partial charge in [0.05, 0.1) is 19.7 Å². The van der Waals surface area contributed by atoms with Gasteiger partial charge in [-0.05, 0) is 35.0 Å². The van der Waals surface area contributed by atoms with E-state index in [1.807, 2.05) is 30.3 Å². The van der Waals surface area contributed by atoms with Gasteiger partial charge in [-0.25, -0.2) is 0 Å². The molecule has 26 heavy (non-hydrogen) atoms. The lowest BCUT2D eigenvalue weighted by Gasteiger charge is -2.17. The molecule has 0 spiro atoms. The molecule has 0 saturated carbocycles. The van der Waals surface area contributed by atoms with E-state index < -0.39 is 6.04 Å². The van der Waals surface area contributed by atoms with Crippen LogP contribution in [-0.2, 0) is 11.8 Å². The first-order valence-corrected chi connectivity index (χ1v) is 8.08. The highest BCUT2D eigenvalue weighted by Gasteiger charge is 2.13. The molecule has 0 aliphatic carbocycles. The van der Waals surface area contributed by atoms with Crippen LogP contribution >= 0.6 is 0 Å². The summed E-state index contributed by atoms with van der Waals surface area (Å²) in [7, 11) is 1.70. The van der Waals surface area contributed by atoms with Crippen molar-refractivity contribution >= 4 is 5.91 Å². The molecule has 0 bridgehead atoms. The molecule has 2 aromatic carbocycles. The van der Waals surface area contributed by atoms with Crippen molar-refractivity contribution in [2.24, 2.45) is 7.05 Å². The van der Waals surface area contributed by atoms with E-state index in [4.69, 9.17) is 4.74 Å². The zero-order valence-electron chi connectivity index (χ0n) is 14.2. The summed E-state index contributed by atoms with van der Waals surface area (Å²) in [6, 6.07) is 15.9. The number of aryl methyl sites for hydroxylation is 1. The molecule has 3 aromatic rings. The third-order valence-corrected chi connectivity index (χ3v) is 3.71. The van der Waals surface area contributed by atoms with E-state index >= 15 is 0 Å². The summed E-state index contributed by atoms with van der Waals surface area (Å²) in [5.74, 6) is 0.756. The number of rotatable bonds is 7. The second-order valence-corrected chi connectivity index (χ2v) is 5.63. The number of benzene rings is 2. The van der Waals surface area contributed by atoms with Gasteiger partial charge in [0.2, 0.25) is 5.82 Å². The lowest BCUT2D eigenvalue weighted by atomic mass is 10.1. The van der Waals surface area contributed by atoms with Gasteiger partial charge >= 0.3 is 0 Å². The summed E-state index contributed by atoms with van der Waals surface area (Å²) >= 11 is 0. The van der Waals surface area contributed by atoms with Gasteiger partial charge < -0.3 is 15.2 Å². The fourth-order valence-corrected chi connectivity index (χ4v) is 2.40. The number of aliphatic hydroxyl groups excluding tert-OH is 1. The zero-order chi connectivity index (χ0) is 18.4. The largest absolute Gasteiger partial charge is 0.484 e. The van der Waals surface area contributed by atoms with Crippen LogP contribution < -0.4 is 10.1 Å². The van der Waals surface area contributed by atoms with Gasteiger partial charge in [0.1, 0.15) is 5.75 Å². The number of hydrogen-bond donors (Lipinski definition) is 2. The van der Waals surface area contributed by atoms with Crippen molar-refractivity contribution in [3.63, 3.8) is 0 Å². The predicted octanol–water partition coefficient (Wildman–Crippen LogP) is 1.11. The van der Waals surface area contributed by atoms with Gasteiger partial charge in [0, 0.05) is 5.56 Å². The van der Waals surface area contributed by atoms with Crippen molar-refractivity contribution < 1.29 is 14.6 Å². The van der Waals surface area contributed by atoms with Gasteiger partial charge in [0.25, 0.3) is 5.91 Å². The Morgan fingerprint density at radius 2 is 1.92 bits per heavy atom. The van der Waals surface area contributed by atoms with Crippen LogP contribution in [0.5, 0.6) is 5.75 Å². The van der Waals surface area contributed by atoms with Crippen LogP contribution in [-0.4, -0.2) is 44.4 Å². The Labute approximate surface area is 150 Å². The van der Waals surface area contributed by atoms with Crippen LogP contribution in [0.4, 0.5) is 0 Å². The summed E-state index contributed by atoms with van der Waals surface area (Å²) in [5, 5.41) is 24.1.